The van der Waals surface area contributed by atoms with Crippen molar-refractivity contribution in [2.45, 2.75) is 13.0 Å². The molecule has 1 N–H and O–H groups in total. The number of esters is 1. The van der Waals surface area contributed by atoms with Gasteiger partial charge in [0.2, 0.25) is 5.91 Å². The molecule has 0 saturated carbocycles. The van der Waals surface area contributed by atoms with E-state index >= 15 is 0 Å². The summed E-state index contributed by atoms with van der Waals surface area (Å²) >= 11 is 2.64. The van der Waals surface area contributed by atoms with E-state index in [4.69, 9.17) is 10.00 Å². The molecule has 2 rings (SSSR count). The Labute approximate surface area is 135 Å². The summed E-state index contributed by atoms with van der Waals surface area (Å²) in [7, 11) is 0. The number of ether oxygens (including phenoxy) is 1. The molecule has 116 valence electrons. The molecule has 1 aliphatic rings. The monoisotopic (exact) mass is 339 g/mol. The molecule has 0 aliphatic carbocycles. The number of hydrogen-bond acceptors (Lipinski definition) is 7. The van der Waals surface area contributed by atoms with Gasteiger partial charge in [-0.05, 0) is 18.4 Å². The largest absolute Gasteiger partial charge is 0.451 e. The molecule has 0 aromatic carbocycles. The van der Waals surface area contributed by atoms with Crippen LogP contribution in [0.15, 0.2) is 11.4 Å². The fourth-order valence-corrected chi connectivity index (χ4v) is 3.34. The van der Waals surface area contributed by atoms with Crippen molar-refractivity contribution < 1.29 is 19.1 Å². The van der Waals surface area contributed by atoms with Gasteiger partial charge in [0.15, 0.2) is 6.10 Å². The number of thiophene rings is 1. The van der Waals surface area contributed by atoms with Gasteiger partial charge in [0.25, 0.3) is 5.91 Å². The number of hydrogen-bond donors (Lipinski definition) is 1. The Bertz CT molecular complexity index is 637. The smallest absolute Gasteiger partial charge is 0.326 e. The maximum Gasteiger partial charge on any atom is 0.326 e. The van der Waals surface area contributed by atoms with E-state index in [9.17, 15) is 14.4 Å². The van der Waals surface area contributed by atoms with E-state index in [-0.39, 0.29) is 12.5 Å². The highest BCUT2D eigenvalue weighted by Crippen LogP contribution is 2.22. The van der Waals surface area contributed by atoms with Crippen LogP contribution in [0.4, 0.5) is 5.00 Å². The van der Waals surface area contributed by atoms with Crippen molar-refractivity contribution in [3.8, 4) is 6.07 Å². The number of anilines is 1. The van der Waals surface area contributed by atoms with E-state index in [1.165, 1.54) is 34.9 Å². The summed E-state index contributed by atoms with van der Waals surface area (Å²) < 4.78 is 5.01. The van der Waals surface area contributed by atoms with E-state index in [1.54, 1.807) is 11.4 Å². The lowest BCUT2D eigenvalue weighted by Gasteiger charge is -2.16. The zero-order valence-electron chi connectivity index (χ0n) is 11.7. The molecule has 1 fully saturated rings. The quantitative estimate of drug-likeness (QED) is 0.804. The Kier molecular flexibility index (Phi) is 5.41. The van der Waals surface area contributed by atoms with Crippen molar-refractivity contribution in [2.24, 2.45) is 0 Å². The Balaban J connectivity index is 1.84. The molecule has 9 heteroatoms. The summed E-state index contributed by atoms with van der Waals surface area (Å²) in [6.07, 6.45) is -1.01. The minimum absolute atomic E-state index is 0.115. The van der Waals surface area contributed by atoms with Crippen LogP contribution < -0.4 is 5.32 Å². The molecule has 7 nitrogen and oxygen atoms in total. The fraction of sp³-hybridized carbons (Fsp3) is 0.385. The summed E-state index contributed by atoms with van der Waals surface area (Å²) in [5.41, 5.74) is 0.358. The van der Waals surface area contributed by atoms with Crippen LogP contribution in [0, 0.1) is 11.3 Å². The van der Waals surface area contributed by atoms with Crippen LogP contribution >= 0.6 is 23.1 Å². The van der Waals surface area contributed by atoms with Gasteiger partial charge in [-0.2, -0.15) is 5.26 Å². The van der Waals surface area contributed by atoms with E-state index < -0.39 is 18.0 Å². The van der Waals surface area contributed by atoms with Crippen molar-refractivity contribution in [1.29, 1.82) is 5.26 Å². The number of nitriles is 1. The fourth-order valence-electron chi connectivity index (χ4n) is 1.69. The predicted molar refractivity (Wildman–Crippen MR) is 82.3 cm³/mol. The number of rotatable bonds is 5. The molecular formula is C13H13N3O4S2. The van der Waals surface area contributed by atoms with Gasteiger partial charge in [-0.15, -0.1) is 23.1 Å². The molecule has 2 heterocycles. The first-order valence-electron chi connectivity index (χ1n) is 6.34. The second-order valence-corrected chi connectivity index (χ2v) is 6.34. The molecule has 1 aromatic rings. The summed E-state index contributed by atoms with van der Waals surface area (Å²) in [5, 5.41) is 13.5. The summed E-state index contributed by atoms with van der Waals surface area (Å²) in [5.74, 6) is -0.454. The lowest BCUT2D eigenvalue weighted by Crippen LogP contribution is -2.36. The summed E-state index contributed by atoms with van der Waals surface area (Å²) in [6, 6.07) is 3.55. The zero-order valence-corrected chi connectivity index (χ0v) is 13.3. The van der Waals surface area contributed by atoms with Gasteiger partial charge in [-0.25, -0.2) is 0 Å². The van der Waals surface area contributed by atoms with Crippen molar-refractivity contribution in [3.63, 3.8) is 0 Å². The highest BCUT2D eigenvalue weighted by atomic mass is 32.2. The highest BCUT2D eigenvalue weighted by molar-refractivity contribution is 8.00. The maximum absolute atomic E-state index is 11.9. The first-order chi connectivity index (χ1) is 10.5. The van der Waals surface area contributed by atoms with E-state index in [0.29, 0.717) is 22.2 Å². The molecule has 1 aromatic heterocycles. The molecule has 1 saturated heterocycles. The minimum Gasteiger partial charge on any atom is -0.451 e. The average molecular weight is 339 g/mol. The molecular weight excluding hydrogens is 326 g/mol. The number of nitrogens with zero attached hydrogens (tertiary/aromatic N) is 2. The summed E-state index contributed by atoms with van der Waals surface area (Å²) in [4.78, 5) is 36.4. The lowest BCUT2D eigenvalue weighted by molar-refractivity contribution is -0.155. The minimum atomic E-state index is -1.01. The summed E-state index contributed by atoms with van der Waals surface area (Å²) in [6.45, 7) is 1.28. The zero-order chi connectivity index (χ0) is 16.1. The lowest BCUT2D eigenvalue weighted by atomic mass is 10.3. The van der Waals surface area contributed by atoms with Gasteiger partial charge in [0, 0.05) is 0 Å². The molecule has 0 spiro atoms. The molecule has 1 aliphatic heterocycles. The number of thioether (sulfide) groups is 1. The number of carbonyl (C=O) groups excluding carboxylic acids is 3. The van der Waals surface area contributed by atoms with Crippen LogP contribution in [0.2, 0.25) is 0 Å². The Morgan fingerprint density at radius 2 is 2.36 bits per heavy atom. The van der Waals surface area contributed by atoms with Gasteiger partial charge in [0.1, 0.15) is 17.6 Å². The van der Waals surface area contributed by atoms with E-state index in [1.807, 2.05) is 6.07 Å². The SMILES string of the molecule is CC(OC(=O)CN1CSCC1=O)C(=O)Nc1sccc1C#N. The molecule has 0 radical (unpaired) electrons. The normalized spacial score (nSPS) is 15.3. The van der Waals surface area contributed by atoms with Crippen molar-refractivity contribution in [3.05, 3.63) is 17.0 Å². The van der Waals surface area contributed by atoms with Gasteiger partial charge in [-0.3, -0.25) is 14.4 Å². The van der Waals surface area contributed by atoms with Crippen molar-refractivity contribution in [2.75, 3.05) is 23.5 Å². The second-order valence-electron chi connectivity index (χ2n) is 4.47. The van der Waals surface area contributed by atoms with Crippen LogP contribution in [0.25, 0.3) is 0 Å². The highest BCUT2D eigenvalue weighted by Gasteiger charge is 2.26. The third kappa shape index (κ3) is 3.99. The third-order valence-corrected chi connectivity index (χ3v) is 4.62. The van der Waals surface area contributed by atoms with Gasteiger partial charge in [0.05, 0.1) is 17.2 Å². The van der Waals surface area contributed by atoms with Crippen molar-refractivity contribution >= 4 is 45.9 Å². The van der Waals surface area contributed by atoms with E-state index in [0.717, 1.165) is 0 Å². The number of carbonyl (C=O) groups is 3. The van der Waals surface area contributed by atoms with Gasteiger partial charge < -0.3 is 15.0 Å². The molecule has 1 unspecified atom stereocenters. The Morgan fingerprint density at radius 3 is 3.00 bits per heavy atom. The maximum atomic E-state index is 11.9. The second kappa shape index (κ2) is 7.29. The standard InChI is InChI=1S/C13H13N3O4S2/c1-8(12(19)15-13-9(4-14)2-3-22-13)20-11(18)5-16-7-21-6-10(16)17/h2-3,8H,5-7H2,1H3,(H,15,19). The predicted octanol–water partition coefficient (Wildman–Crippen LogP) is 1.02. The first-order valence-corrected chi connectivity index (χ1v) is 8.38. The third-order valence-electron chi connectivity index (χ3n) is 2.85. The van der Waals surface area contributed by atoms with Crippen LogP contribution in [0.3, 0.4) is 0 Å². The first kappa shape index (κ1) is 16.3. The van der Waals surface area contributed by atoms with Crippen LogP contribution in [-0.4, -0.2) is 47.0 Å². The topological polar surface area (TPSA) is 99.5 Å². The van der Waals surface area contributed by atoms with Gasteiger partial charge in [-0.1, -0.05) is 0 Å². The molecule has 2 amide bonds. The molecule has 0 bridgehead atoms. The van der Waals surface area contributed by atoms with Gasteiger partial charge >= 0.3 is 5.97 Å². The van der Waals surface area contributed by atoms with E-state index in [2.05, 4.69) is 5.32 Å². The molecule has 1 atom stereocenters. The van der Waals surface area contributed by atoms with Crippen LogP contribution in [-0.2, 0) is 19.1 Å². The van der Waals surface area contributed by atoms with Crippen molar-refractivity contribution in [1.82, 2.24) is 4.90 Å². The average Bonchev–Trinajstić information content (AvgIpc) is 3.08. The Morgan fingerprint density at radius 1 is 1.59 bits per heavy atom. The number of nitrogens with one attached hydrogen (secondary N) is 1. The van der Waals surface area contributed by atoms with Crippen LogP contribution in [0.5, 0.6) is 0 Å². The number of amides is 2. The van der Waals surface area contributed by atoms with Crippen LogP contribution in [0.1, 0.15) is 12.5 Å². The molecule has 22 heavy (non-hydrogen) atoms. The Hall–Kier alpha value is -2.05.